The van der Waals surface area contributed by atoms with E-state index in [1.807, 2.05) is 0 Å². The highest BCUT2D eigenvalue weighted by molar-refractivity contribution is 6.29. The molecule has 1 heterocycles. The molecule has 0 saturated heterocycles. The van der Waals surface area contributed by atoms with Crippen molar-refractivity contribution in [3.8, 4) is 0 Å². The number of carbonyl (C=O) groups excluding carboxylic acids is 2. The highest BCUT2D eigenvalue weighted by Gasteiger charge is 2.21. The average Bonchev–Trinajstić information content (AvgIpc) is 2.54. The van der Waals surface area contributed by atoms with Crippen molar-refractivity contribution in [1.82, 2.24) is 4.98 Å². The molecule has 2 rings (SSSR count). The van der Waals surface area contributed by atoms with E-state index in [-0.39, 0.29) is 12.2 Å². The van der Waals surface area contributed by atoms with E-state index in [0.717, 1.165) is 0 Å². The lowest BCUT2D eigenvalue weighted by Gasteiger charge is -2.06. The Morgan fingerprint density at radius 3 is 2.50 bits per heavy atom. The second kappa shape index (κ2) is 7.52. The molecule has 112 valence electrons. The number of hydrogen-bond donors (Lipinski definition) is 0. The van der Waals surface area contributed by atoms with E-state index in [0.29, 0.717) is 16.3 Å². The number of halogens is 1. The molecule has 5 heteroatoms. The van der Waals surface area contributed by atoms with Crippen molar-refractivity contribution in [2.45, 2.75) is 6.92 Å². The Hall–Kier alpha value is -2.46. The number of carbonyl (C=O) groups is 2. The first kappa shape index (κ1) is 15.9. The van der Waals surface area contributed by atoms with Crippen LogP contribution < -0.4 is 0 Å². The van der Waals surface area contributed by atoms with E-state index in [1.165, 1.54) is 12.3 Å². The molecule has 0 aliphatic carbocycles. The molecule has 0 aliphatic rings. The molecule has 0 unspecified atom stereocenters. The van der Waals surface area contributed by atoms with Gasteiger partial charge in [-0.3, -0.25) is 4.79 Å². The van der Waals surface area contributed by atoms with Crippen molar-refractivity contribution in [2.75, 3.05) is 6.61 Å². The summed E-state index contributed by atoms with van der Waals surface area (Å²) in [5.74, 6) is -1.06. The fourth-order valence-corrected chi connectivity index (χ4v) is 1.92. The van der Waals surface area contributed by atoms with Crippen LogP contribution in [0.1, 0.15) is 22.8 Å². The summed E-state index contributed by atoms with van der Waals surface area (Å²) in [6.07, 6.45) is 2.94. The smallest absolute Gasteiger partial charge is 0.342 e. The average molecular weight is 316 g/mol. The molecule has 0 radical (unpaired) electrons. The van der Waals surface area contributed by atoms with Crippen LogP contribution >= 0.6 is 11.6 Å². The Balaban J connectivity index is 2.40. The monoisotopic (exact) mass is 315 g/mol. The van der Waals surface area contributed by atoms with Crippen molar-refractivity contribution in [2.24, 2.45) is 0 Å². The van der Waals surface area contributed by atoms with Crippen LogP contribution in [-0.2, 0) is 9.53 Å². The third-order valence-corrected chi connectivity index (χ3v) is 3.06. The van der Waals surface area contributed by atoms with Crippen LogP contribution in [0, 0.1) is 0 Å². The van der Waals surface area contributed by atoms with Gasteiger partial charge in [0, 0.05) is 11.8 Å². The van der Waals surface area contributed by atoms with Gasteiger partial charge >= 0.3 is 5.97 Å². The summed E-state index contributed by atoms with van der Waals surface area (Å²) in [4.78, 5) is 28.5. The van der Waals surface area contributed by atoms with Crippen molar-refractivity contribution >= 4 is 29.4 Å². The third-order valence-electron chi connectivity index (χ3n) is 2.84. The SMILES string of the molecule is CCOC(=O)C(=Cc1ccc(Cl)nc1)C(=O)c1ccccc1. The van der Waals surface area contributed by atoms with Gasteiger partial charge in [-0.25, -0.2) is 9.78 Å². The Morgan fingerprint density at radius 1 is 1.18 bits per heavy atom. The highest BCUT2D eigenvalue weighted by Crippen LogP contribution is 2.15. The normalized spacial score (nSPS) is 11.1. The van der Waals surface area contributed by atoms with Gasteiger partial charge in [-0.2, -0.15) is 0 Å². The molecule has 1 aromatic carbocycles. The van der Waals surface area contributed by atoms with Crippen LogP contribution in [0.15, 0.2) is 54.2 Å². The number of esters is 1. The first-order chi connectivity index (χ1) is 10.6. The number of hydrogen-bond acceptors (Lipinski definition) is 4. The maximum absolute atomic E-state index is 12.5. The van der Waals surface area contributed by atoms with Crippen LogP contribution in [0.25, 0.3) is 6.08 Å². The zero-order chi connectivity index (χ0) is 15.9. The number of rotatable bonds is 5. The number of nitrogens with zero attached hydrogens (tertiary/aromatic N) is 1. The van der Waals surface area contributed by atoms with Gasteiger partial charge < -0.3 is 4.74 Å². The highest BCUT2D eigenvalue weighted by atomic mass is 35.5. The lowest BCUT2D eigenvalue weighted by atomic mass is 10.0. The van der Waals surface area contributed by atoms with Crippen LogP contribution in [0.3, 0.4) is 0 Å². The minimum Gasteiger partial charge on any atom is -0.462 e. The minimum absolute atomic E-state index is 0.0443. The molecular formula is C17H14ClNO3. The topological polar surface area (TPSA) is 56.3 Å². The van der Waals surface area contributed by atoms with Crippen LogP contribution in [0.5, 0.6) is 0 Å². The molecule has 0 bridgehead atoms. The van der Waals surface area contributed by atoms with E-state index in [4.69, 9.17) is 16.3 Å². The summed E-state index contributed by atoms with van der Waals surface area (Å²) in [7, 11) is 0. The van der Waals surface area contributed by atoms with Gasteiger partial charge in [0.15, 0.2) is 5.78 Å². The van der Waals surface area contributed by atoms with Crippen molar-refractivity contribution in [3.05, 3.63) is 70.5 Å². The van der Waals surface area contributed by atoms with Crippen molar-refractivity contribution in [3.63, 3.8) is 0 Å². The fourth-order valence-electron chi connectivity index (χ4n) is 1.81. The molecule has 0 saturated carbocycles. The Kier molecular flexibility index (Phi) is 5.44. The first-order valence-corrected chi connectivity index (χ1v) is 7.09. The Morgan fingerprint density at radius 2 is 1.91 bits per heavy atom. The Labute approximate surface area is 133 Å². The van der Waals surface area contributed by atoms with E-state index in [1.54, 1.807) is 49.4 Å². The molecule has 0 N–H and O–H groups in total. The summed E-state index contributed by atoms with van der Waals surface area (Å²) < 4.78 is 4.97. The number of ketones is 1. The van der Waals surface area contributed by atoms with Gasteiger partial charge in [-0.05, 0) is 24.6 Å². The number of aromatic nitrogens is 1. The summed E-state index contributed by atoms with van der Waals surface area (Å²) in [6, 6.07) is 11.8. The summed E-state index contributed by atoms with van der Waals surface area (Å²) in [5.41, 5.74) is 0.970. The largest absolute Gasteiger partial charge is 0.462 e. The number of Topliss-reactive ketones (excluding diaryl/α,β-unsaturated/α-hetero) is 1. The van der Waals surface area contributed by atoms with Crippen LogP contribution in [0.2, 0.25) is 5.15 Å². The predicted octanol–water partition coefficient (Wildman–Crippen LogP) is 3.56. The second-order valence-electron chi connectivity index (χ2n) is 4.39. The van der Waals surface area contributed by atoms with Crippen LogP contribution in [-0.4, -0.2) is 23.3 Å². The zero-order valence-electron chi connectivity index (χ0n) is 12.0. The van der Waals surface area contributed by atoms with E-state index in [9.17, 15) is 9.59 Å². The maximum Gasteiger partial charge on any atom is 0.342 e. The molecule has 4 nitrogen and oxygen atoms in total. The molecule has 1 aromatic heterocycles. The predicted molar refractivity (Wildman–Crippen MR) is 84.6 cm³/mol. The van der Waals surface area contributed by atoms with Crippen molar-refractivity contribution in [1.29, 1.82) is 0 Å². The summed E-state index contributed by atoms with van der Waals surface area (Å²) in [6.45, 7) is 1.88. The lowest BCUT2D eigenvalue weighted by molar-refractivity contribution is -0.137. The molecular weight excluding hydrogens is 302 g/mol. The van der Waals surface area contributed by atoms with Crippen molar-refractivity contribution < 1.29 is 14.3 Å². The fraction of sp³-hybridized carbons (Fsp3) is 0.118. The zero-order valence-corrected chi connectivity index (χ0v) is 12.7. The van der Waals surface area contributed by atoms with E-state index in [2.05, 4.69) is 4.98 Å². The molecule has 0 amide bonds. The van der Waals surface area contributed by atoms with E-state index < -0.39 is 11.8 Å². The molecule has 2 aromatic rings. The molecule has 22 heavy (non-hydrogen) atoms. The third kappa shape index (κ3) is 4.02. The number of ether oxygens (including phenoxy) is 1. The quantitative estimate of drug-likeness (QED) is 0.211. The van der Waals surface area contributed by atoms with E-state index >= 15 is 0 Å². The molecule has 0 fully saturated rings. The van der Waals surface area contributed by atoms with Gasteiger partial charge in [-0.15, -0.1) is 0 Å². The summed E-state index contributed by atoms with van der Waals surface area (Å²) >= 11 is 5.73. The summed E-state index contributed by atoms with van der Waals surface area (Å²) in [5, 5.41) is 0.337. The van der Waals surface area contributed by atoms with Gasteiger partial charge in [0.05, 0.1) is 6.61 Å². The van der Waals surface area contributed by atoms with Crippen LogP contribution in [0.4, 0.5) is 0 Å². The van der Waals surface area contributed by atoms with Gasteiger partial charge in [-0.1, -0.05) is 48.0 Å². The number of pyridine rings is 1. The van der Waals surface area contributed by atoms with Gasteiger partial charge in [0.2, 0.25) is 0 Å². The second-order valence-corrected chi connectivity index (χ2v) is 4.78. The minimum atomic E-state index is -0.661. The molecule has 0 atom stereocenters. The Bertz CT molecular complexity index is 694. The number of benzene rings is 1. The molecule has 0 aliphatic heterocycles. The van der Waals surface area contributed by atoms with Gasteiger partial charge in [0.25, 0.3) is 0 Å². The lowest BCUT2D eigenvalue weighted by Crippen LogP contribution is -2.16. The van der Waals surface area contributed by atoms with Gasteiger partial charge in [0.1, 0.15) is 10.7 Å². The molecule has 0 spiro atoms. The first-order valence-electron chi connectivity index (χ1n) is 6.72. The maximum atomic E-state index is 12.5. The standard InChI is InChI=1S/C17H14ClNO3/c1-2-22-17(21)14(10-12-8-9-15(18)19-11-12)16(20)13-6-4-3-5-7-13/h3-11H,2H2,1H3.